The van der Waals surface area contributed by atoms with Crippen molar-refractivity contribution in [3.63, 3.8) is 0 Å². The van der Waals surface area contributed by atoms with Gasteiger partial charge in [0.25, 0.3) is 0 Å². The van der Waals surface area contributed by atoms with Gasteiger partial charge in [0.15, 0.2) is 11.5 Å². The monoisotopic (exact) mass is 375 g/mol. The van der Waals surface area contributed by atoms with Crippen molar-refractivity contribution < 1.29 is 14.3 Å². The molecule has 1 aromatic carbocycles. The maximum absolute atomic E-state index is 12.2. The van der Waals surface area contributed by atoms with Crippen LogP contribution in [-0.2, 0) is 11.3 Å². The summed E-state index contributed by atoms with van der Waals surface area (Å²) in [5.74, 6) is 1.49. The van der Waals surface area contributed by atoms with Crippen LogP contribution in [0.5, 0.6) is 11.5 Å². The Morgan fingerprint density at radius 3 is 2.81 bits per heavy atom. The van der Waals surface area contributed by atoms with Crippen LogP contribution in [0.25, 0.3) is 6.08 Å². The first-order valence-corrected chi connectivity index (χ1v) is 8.93. The lowest BCUT2D eigenvalue weighted by Crippen LogP contribution is -2.16. The molecule has 0 radical (unpaired) electrons. The van der Waals surface area contributed by atoms with Crippen molar-refractivity contribution in [1.82, 2.24) is 9.78 Å². The molecule has 26 heavy (non-hydrogen) atoms. The Balaban J connectivity index is 1.69. The Hall–Kier alpha value is -2.47. The van der Waals surface area contributed by atoms with Gasteiger partial charge in [-0.05, 0) is 31.1 Å². The van der Waals surface area contributed by atoms with Crippen LogP contribution in [0, 0.1) is 12.8 Å². The Labute approximate surface area is 157 Å². The number of hydrogen-bond donors (Lipinski definition) is 1. The van der Waals surface area contributed by atoms with Gasteiger partial charge >= 0.3 is 0 Å². The lowest BCUT2D eigenvalue weighted by molar-refractivity contribution is -0.111. The maximum Gasteiger partial charge on any atom is 0.248 e. The number of nitrogens with zero attached hydrogens (tertiary/aromatic N) is 2. The number of ether oxygens (including phenoxy) is 2. The minimum Gasteiger partial charge on any atom is -0.486 e. The number of halogens is 1. The zero-order valence-corrected chi connectivity index (χ0v) is 15.8. The first-order chi connectivity index (χ1) is 12.4. The van der Waals surface area contributed by atoms with Gasteiger partial charge in [-0.3, -0.25) is 9.48 Å². The Morgan fingerprint density at radius 2 is 2.08 bits per heavy atom. The highest BCUT2D eigenvalue weighted by atomic mass is 35.5. The minimum absolute atomic E-state index is 0.256. The van der Waals surface area contributed by atoms with E-state index in [4.69, 9.17) is 21.1 Å². The topological polar surface area (TPSA) is 65.4 Å². The van der Waals surface area contributed by atoms with Gasteiger partial charge < -0.3 is 14.8 Å². The van der Waals surface area contributed by atoms with E-state index in [2.05, 4.69) is 24.3 Å². The molecule has 0 atom stereocenters. The predicted molar refractivity (Wildman–Crippen MR) is 102 cm³/mol. The Morgan fingerprint density at radius 1 is 1.35 bits per heavy atom. The van der Waals surface area contributed by atoms with Gasteiger partial charge in [0.05, 0.1) is 5.69 Å². The lowest BCUT2D eigenvalue weighted by Gasteiger charge is -2.18. The smallest absolute Gasteiger partial charge is 0.248 e. The highest BCUT2D eigenvalue weighted by Gasteiger charge is 2.14. The first kappa shape index (κ1) is 18.3. The van der Waals surface area contributed by atoms with Crippen molar-refractivity contribution in [2.75, 3.05) is 18.5 Å². The summed E-state index contributed by atoms with van der Waals surface area (Å²) < 4.78 is 12.8. The van der Waals surface area contributed by atoms with E-state index in [0.717, 1.165) is 17.8 Å². The fourth-order valence-electron chi connectivity index (χ4n) is 2.69. The second-order valence-electron chi connectivity index (χ2n) is 6.55. The molecule has 138 valence electrons. The van der Waals surface area contributed by atoms with Crippen molar-refractivity contribution in [1.29, 1.82) is 0 Å². The quantitative estimate of drug-likeness (QED) is 0.804. The van der Waals surface area contributed by atoms with Crippen LogP contribution in [0.4, 0.5) is 5.69 Å². The van der Waals surface area contributed by atoms with E-state index in [1.54, 1.807) is 29.0 Å². The molecule has 1 aliphatic rings. The largest absolute Gasteiger partial charge is 0.486 e. The van der Waals surface area contributed by atoms with E-state index < -0.39 is 0 Å². The van der Waals surface area contributed by atoms with Crippen LogP contribution in [0.1, 0.15) is 25.1 Å². The van der Waals surface area contributed by atoms with Gasteiger partial charge in [0.2, 0.25) is 5.91 Å². The number of carbonyl (C=O) groups excluding carboxylic acids is 1. The molecular formula is C19H22ClN3O3. The molecule has 1 N–H and O–H groups in total. The molecule has 0 fully saturated rings. The van der Waals surface area contributed by atoms with E-state index >= 15 is 0 Å². The zero-order chi connectivity index (χ0) is 18.7. The van der Waals surface area contributed by atoms with Gasteiger partial charge in [-0.2, -0.15) is 5.10 Å². The average Bonchev–Trinajstić information content (AvgIpc) is 2.86. The molecule has 1 aliphatic heterocycles. The van der Waals surface area contributed by atoms with Crippen molar-refractivity contribution >= 4 is 29.3 Å². The number of amides is 1. The third-order valence-electron chi connectivity index (χ3n) is 3.86. The average molecular weight is 376 g/mol. The Bertz CT molecular complexity index is 843. The van der Waals surface area contributed by atoms with Crippen molar-refractivity contribution in [2.45, 2.75) is 27.3 Å². The van der Waals surface area contributed by atoms with E-state index in [1.165, 1.54) is 6.08 Å². The maximum atomic E-state index is 12.2. The molecule has 3 rings (SSSR count). The van der Waals surface area contributed by atoms with Crippen LogP contribution in [0.3, 0.4) is 0 Å². The summed E-state index contributed by atoms with van der Waals surface area (Å²) in [5.41, 5.74) is 2.19. The van der Waals surface area contributed by atoms with Gasteiger partial charge in [0, 0.05) is 29.9 Å². The number of nitrogens with one attached hydrogen (secondary N) is 1. The second-order valence-corrected chi connectivity index (χ2v) is 6.90. The van der Waals surface area contributed by atoms with Crippen LogP contribution < -0.4 is 14.8 Å². The summed E-state index contributed by atoms with van der Waals surface area (Å²) in [7, 11) is 0. The third-order valence-corrected chi connectivity index (χ3v) is 4.26. The standard InChI is InChI=1S/C19H22ClN3O3/c1-12(2)11-23-19(20)15(13(3)22-23)5-7-18(24)21-14-4-6-16-17(10-14)26-9-8-25-16/h4-7,10,12H,8-9,11H2,1-3H3,(H,21,24)/b7-5+. The SMILES string of the molecule is Cc1nn(CC(C)C)c(Cl)c1/C=C/C(=O)Nc1ccc2c(c1)OCCO2. The van der Waals surface area contributed by atoms with E-state index in [0.29, 0.717) is 41.5 Å². The number of rotatable bonds is 5. The van der Waals surface area contributed by atoms with Gasteiger partial charge in [-0.1, -0.05) is 25.4 Å². The fourth-order valence-corrected chi connectivity index (χ4v) is 2.99. The molecule has 6 nitrogen and oxygen atoms in total. The van der Waals surface area contributed by atoms with Crippen molar-refractivity contribution in [2.24, 2.45) is 5.92 Å². The summed E-state index contributed by atoms with van der Waals surface area (Å²) in [6.07, 6.45) is 3.14. The summed E-state index contributed by atoms with van der Waals surface area (Å²) in [5, 5.41) is 7.78. The van der Waals surface area contributed by atoms with Crippen molar-refractivity contribution in [3.05, 3.63) is 40.7 Å². The summed E-state index contributed by atoms with van der Waals surface area (Å²) >= 11 is 6.38. The zero-order valence-electron chi connectivity index (χ0n) is 15.1. The second kappa shape index (κ2) is 7.83. The molecule has 0 spiro atoms. The summed E-state index contributed by atoms with van der Waals surface area (Å²) in [6.45, 7) is 7.85. The molecule has 0 saturated carbocycles. The van der Waals surface area contributed by atoms with Gasteiger partial charge in [0.1, 0.15) is 18.4 Å². The lowest BCUT2D eigenvalue weighted by atomic mass is 10.2. The number of anilines is 1. The fraction of sp³-hybridized carbons (Fsp3) is 0.368. The molecule has 1 amide bonds. The van der Waals surface area contributed by atoms with Crippen LogP contribution in [0.2, 0.25) is 5.15 Å². The molecule has 2 aromatic rings. The highest BCUT2D eigenvalue weighted by molar-refractivity contribution is 6.31. The molecule has 0 bridgehead atoms. The number of hydrogen-bond acceptors (Lipinski definition) is 4. The number of benzene rings is 1. The van der Waals surface area contributed by atoms with Gasteiger partial charge in [-0.15, -0.1) is 0 Å². The Kier molecular flexibility index (Phi) is 5.52. The third kappa shape index (κ3) is 4.19. The van der Waals surface area contributed by atoms with Crippen molar-refractivity contribution in [3.8, 4) is 11.5 Å². The van der Waals surface area contributed by atoms with E-state index in [1.807, 2.05) is 6.92 Å². The molecule has 7 heteroatoms. The molecule has 0 unspecified atom stereocenters. The van der Waals surface area contributed by atoms with E-state index in [-0.39, 0.29) is 5.91 Å². The van der Waals surface area contributed by atoms with Crippen LogP contribution in [0.15, 0.2) is 24.3 Å². The summed E-state index contributed by atoms with van der Waals surface area (Å²) in [4.78, 5) is 12.2. The minimum atomic E-state index is -0.256. The molecule has 0 aliphatic carbocycles. The normalized spacial score (nSPS) is 13.4. The molecule has 1 aromatic heterocycles. The molecule has 0 saturated heterocycles. The number of aromatic nitrogens is 2. The number of carbonyl (C=O) groups is 1. The van der Waals surface area contributed by atoms with E-state index in [9.17, 15) is 4.79 Å². The predicted octanol–water partition coefficient (Wildman–Crippen LogP) is 3.92. The first-order valence-electron chi connectivity index (χ1n) is 8.55. The molecule has 2 heterocycles. The number of fused-ring (bicyclic) bond motifs is 1. The molecular weight excluding hydrogens is 354 g/mol. The summed E-state index contributed by atoms with van der Waals surface area (Å²) in [6, 6.07) is 5.31. The van der Waals surface area contributed by atoms with Crippen LogP contribution in [-0.4, -0.2) is 28.9 Å². The number of aryl methyl sites for hydroxylation is 1. The highest BCUT2D eigenvalue weighted by Crippen LogP contribution is 2.32. The van der Waals surface area contributed by atoms with Crippen LogP contribution >= 0.6 is 11.6 Å². The van der Waals surface area contributed by atoms with Gasteiger partial charge in [-0.25, -0.2) is 0 Å².